The third-order valence-electron chi connectivity index (χ3n) is 5.03. The standard InChI is InChI=1S/C19H20N6O/c1-19(15-4-5-15,12-25-13-22-23-24-25)18-9-8-17(11-21-18)26-16-6-2-14(10-20)3-7-16/h2-3,6-9,11,15H,4-5,12-13H2,1H3,(H,22,24). The second-order valence-electron chi connectivity index (χ2n) is 6.99. The van der Waals surface area contributed by atoms with Crippen LogP contribution in [0.4, 0.5) is 0 Å². The molecule has 1 aromatic heterocycles. The van der Waals surface area contributed by atoms with Gasteiger partial charge < -0.3 is 4.74 Å². The molecule has 1 atom stereocenters. The zero-order valence-electron chi connectivity index (χ0n) is 14.6. The number of hydrogen-bond acceptors (Lipinski definition) is 7. The van der Waals surface area contributed by atoms with Crippen LogP contribution in [0, 0.1) is 17.2 Å². The number of aromatic nitrogens is 1. The smallest absolute Gasteiger partial charge is 0.145 e. The molecule has 1 aliphatic carbocycles. The van der Waals surface area contributed by atoms with Crippen LogP contribution in [-0.2, 0) is 5.41 Å². The number of rotatable bonds is 6. The van der Waals surface area contributed by atoms with Gasteiger partial charge in [0.25, 0.3) is 0 Å². The molecule has 0 radical (unpaired) electrons. The van der Waals surface area contributed by atoms with Crippen molar-refractivity contribution in [1.82, 2.24) is 15.5 Å². The topological polar surface area (TPSA) is 85.9 Å². The first-order valence-corrected chi connectivity index (χ1v) is 8.69. The van der Waals surface area contributed by atoms with E-state index in [4.69, 9.17) is 15.0 Å². The summed E-state index contributed by atoms with van der Waals surface area (Å²) in [5, 5.41) is 18.7. The second kappa shape index (κ2) is 6.73. The van der Waals surface area contributed by atoms with Gasteiger partial charge in [0.1, 0.15) is 18.2 Å². The van der Waals surface area contributed by atoms with Crippen molar-refractivity contribution in [2.24, 2.45) is 16.3 Å². The average Bonchev–Trinajstić information content (AvgIpc) is 3.42. The number of pyridine rings is 1. The molecule has 0 bridgehead atoms. The number of hydrazine groups is 1. The minimum atomic E-state index is -0.0463. The highest BCUT2D eigenvalue weighted by molar-refractivity contribution is 5.37. The number of nitriles is 1. The van der Waals surface area contributed by atoms with Crippen molar-refractivity contribution in [3.05, 3.63) is 53.9 Å². The van der Waals surface area contributed by atoms with Crippen LogP contribution in [0.15, 0.2) is 52.9 Å². The summed E-state index contributed by atoms with van der Waals surface area (Å²) in [6.45, 7) is 3.64. The fourth-order valence-electron chi connectivity index (χ4n) is 3.37. The van der Waals surface area contributed by atoms with Crippen LogP contribution in [-0.4, -0.2) is 23.2 Å². The molecular formula is C19H20N6O. The van der Waals surface area contributed by atoms with Gasteiger partial charge in [-0.25, -0.2) is 5.53 Å². The third-order valence-corrected chi connectivity index (χ3v) is 5.03. The molecule has 4 rings (SSSR count). The number of nitrogens with one attached hydrogen (secondary N) is 1. The van der Waals surface area contributed by atoms with E-state index in [1.54, 1.807) is 30.5 Å². The zero-order valence-corrected chi connectivity index (χ0v) is 14.6. The van der Waals surface area contributed by atoms with E-state index < -0.39 is 0 Å². The molecule has 2 aliphatic rings. The van der Waals surface area contributed by atoms with Gasteiger partial charge in [-0.1, -0.05) is 12.1 Å². The Hall–Kier alpha value is -2.98. The summed E-state index contributed by atoms with van der Waals surface area (Å²) in [7, 11) is 0. The molecule has 0 spiro atoms. The summed E-state index contributed by atoms with van der Waals surface area (Å²) in [6.07, 6.45) is 4.22. The van der Waals surface area contributed by atoms with Crippen molar-refractivity contribution in [2.75, 3.05) is 13.2 Å². The summed E-state index contributed by atoms with van der Waals surface area (Å²) in [5.74, 6) is 2.00. The molecular weight excluding hydrogens is 328 g/mol. The van der Waals surface area contributed by atoms with Gasteiger partial charge in [0.2, 0.25) is 0 Å². The molecule has 7 heteroatoms. The van der Waals surface area contributed by atoms with Gasteiger partial charge in [-0.2, -0.15) is 15.4 Å². The quantitative estimate of drug-likeness (QED) is 0.862. The van der Waals surface area contributed by atoms with Crippen molar-refractivity contribution in [3.63, 3.8) is 0 Å². The van der Waals surface area contributed by atoms with E-state index in [1.807, 2.05) is 17.1 Å². The highest BCUT2D eigenvalue weighted by Gasteiger charge is 2.45. The maximum absolute atomic E-state index is 8.86. The van der Waals surface area contributed by atoms with Crippen molar-refractivity contribution in [2.45, 2.75) is 25.2 Å². The number of ether oxygens (including phenoxy) is 1. The van der Waals surface area contributed by atoms with Gasteiger partial charge in [0, 0.05) is 17.7 Å². The molecule has 1 fully saturated rings. The average molecular weight is 348 g/mol. The van der Waals surface area contributed by atoms with E-state index >= 15 is 0 Å². The summed E-state index contributed by atoms with van der Waals surface area (Å²) in [5.41, 5.74) is 4.56. The Bertz CT molecular complexity index is 830. The zero-order chi connectivity index (χ0) is 18.0. The highest BCUT2D eigenvalue weighted by Crippen LogP contribution is 2.47. The van der Waals surface area contributed by atoms with Gasteiger partial charge in [-0.05, 0) is 55.2 Å². The van der Waals surface area contributed by atoms with Crippen LogP contribution in [0.3, 0.4) is 0 Å². The fourth-order valence-corrected chi connectivity index (χ4v) is 3.37. The van der Waals surface area contributed by atoms with Crippen molar-refractivity contribution >= 4 is 0 Å². The van der Waals surface area contributed by atoms with Crippen molar-refractivity contribution in [1.29, 1.82) is 5.26 Å². The molecule has 2 aromatic rings. The first-order valence-electron chi connectivity index (χ1n) is 8.69. The minimum Gasteiger partial charge on any atom is -0.456 e. The van der Waals surface area contributed by atoms with Gasteiger partial charge in [0.15, 0.2) is 0 Å². The molecule has 26 heavy (non-hydrogen) atoms. The SMILES string of the molecule is CC(CN1CN=NN1)(c1ccc(Oc2ccc(C#N)cc2)cn1)C1CC1. The van der Waals surface area contributed by atoms with Gasteiger partial charge in [0.05, 0.1) is 17.8 Å². The second-order valence-corrected chi connectivity index (χ2v) is 6.99. The molecule has 7 nitrogen and oxygen atoms in total. The van der Waals surface area contributed by atoms with Gasteiger partial charge in [-0.3, -0.25) is 4.98 Å². The van der Waals surface area contributed by atoms with Crippen molar-refractivity contribution in [3.8, 4) is 17.6 Å². The van der Waals surface area contributed by atoms with E-state index in [0.29, 0.717) is 29.6 Å². The normalized spacial score (nSPS) is 18.8. The summed E-state index contributed by atoms with van der Waals surface area (Å²) >= 11 is 0. The number of nitrogens with zero attached hydrogens (tertiary/aromatic N) is 5. The first-order chi connectivity index (χ1) is 12.7. The Labute approximate surface area is 152 Å². The predicted octanol–water partition coefficient (Wildman–Crippen LogP) is 3.56. The van der Waals surface area contributed by atoms with E-state index in [-0.39, 0.29) is 5.41 Å². The lowest BCUT2D eigenvalue weighted by Crippen LogP contribution is -2.44. The Kier molecular flexibility index (Phi) is 4.27. The van der Waals surface area contributed by atoms with Crippen LogP contribution in [0.2, 0.25) is 0 Å². The Morgan fingerprint density at radius 1 is 1.23 bits per heavy atom. The lowest BCUT2D eigenvalue weighted by atomic mass is 9.80. The van der Waals surface area contributed by atoms with Crippen LogP contribution in [0.5, 0.6) is 11.5 Å². The molecule has 0 saturated heterocycles. The van der Waals surface area contributed by atoms with Gasteiger partial charge in [-0.15, -0.1) is 0 Å². The molecule has 1 saturated carbocycles. The Morgan fingerprint density at radius 2 is 2.00 bits per heavy atom. The third kappa shape index (κ3) is 3.37. The lowest BCUT2D eigenvalue weighted by molar-refractivity contribution is 0.168. The van der Waals surface area contributed by atoms with E-state index in [1.165, 1.54) is 12.8 Å². The molecule has 132 valence electrons. The summed E-state index contributed by atoms with van der Waals surface area (Å²) < 4.78 is 5.83. The molecule has 1 aromatic carbocycles. The van der Waals surface area contributed by atoms with Crippen LogP contribution in [0.25, 0.3) is 0 Å². The summed E-state index contributed by atoms with van der Waals surface area (Å²) in [6, 6.07) is 13.1. The van der Waals surface area contributed by atoms with Gasteiger partial charge >= 0.3 is 0 Å². The maximum Gasteiger partial charge on any atom is 0.145 e. The molecule has 1 unspecified atom stereocenters. The predicted molar refractivity (Wildman–Crippen MR) is 95.1 cm³/mol. The van der Waals surface area contributed by atoms with Crippen LogP contribution < -0.4 is 10.3 Å². The van der Waals surface area contributed by atoms with E-state index in [9.17, 15) is 0 Å². The molecule has 1 aliphatic heterocycles. The molecule has 1 N–H and O–H groups in total. The largest absolute Gasteiger partial charge is 0.456 e. The number of hydrogen-bond donors (Lipinski definition) is 1. The molecule has 0 amide bonds. The minimum absolute atomic E-state index is 0.0463. The van der Waals surface area contributed by atoms with E-state index in [0.717, 1.165) is 12.2 Å². The fraction of sp³-hybridized carbons (Fsp3) is 0.368. The maximum atomic E-state index is 8.86. The van der Waals surface area contributed by atoms with Crippen molar-refractivity contribution < 1.29 is 4.74 Å². The van der Waals surface area contributed by atoms with E-state index in [2.05, 4.69) is 28.9 Å². The lowest BCUT2D eigenvalue weighted by Gasteiger charge is -2.32. The Morgan fingerprint density at radius 3 is 2.58 bits per heavy atom. The van der Waals surface area contributed by atoms with Crippen LogP contribution in [0.1, 0.15) is 31.0 Å². The Balaban J connectivity index is 1.49. The number of benzene rings is 1. The molecule has 2 heterocycles. The highest BCUT2D eigenvalue weighted by atomic mass is 16.5. The first kappa shape index (κ1) is 16.5. The summed E-state index contributed by atoms with van der Waals surface area (Å²) in [4.78, 5) is 4.69. The van der Waals surface area contributed by atoms with Crippen LogP contribution >= 0.6 is 0 Å². The monoisotopic (exact) mass is 348 g/mol.